The highest BCUT2D eigenvalue weighted by molar-refractivity contribution is 9.10. The second kappa shape index (κ2) is 4.60. The van der Waals surface area contributed by atoms with E-state index in [1.165, 1.54) is 6.07 Å². The summed E-state index contributed by atoms with van der Waals surface area (Å²) in [6.45, 7) is 3.61. The van der Waals surface area contributed by atoms with E-state index in [0.29, 0.717) is 10.5 Å². The highest BCUT2D eigenvalue weighted by atomic mass is 79.9. The Kier molecular flexibility index (Phi) is 3.38. The lowest BCUT2D eigenvalue weighted by atomic mass is 10.1. The fraction of sp³-hybridized carbons (Fsp3) is 0.455. The predicted octanol–water partition coefficient (Wildman–Crippen LogP) is 2.64. The molecule has 2 nitrogen and oxygen atoms in total. The highest BCUT2D eigenvalue weighted by Crippen LogP contribution is 2.22. The van der Waals surface area contributed by atoms with Crippen molar-refractivity contribution in [3.63, 3.8) is 0 Å². The maximum Gasteiger partial charge on any atom is 0.137 e. The van der Waals surface area contributed by atoms with Gasteiger partial charge in [-0.1, -0.05) is 6.07 Å². The van der Waals surface area contributed by atoms with Crippen LogP contribution in [0.1, 0.15) is 18.5 Å². The molecule has 0 saturated carbocycles. The van der Waals surface area contributed by atoms with Gasteiger partial charge in [0, 0.05) is 6.04 Å². The Hall–Kier alpha value is -0.450. The number of hydrogen-bond acceptors (Lipinski definition) is 2. The largest absolute Gasteiger partial charge is 0.378 e. The first-order chi connectivity index (χ1) is 7.16. The van der Waals surface area contributed by atoms with E-state index in [9.17, 15) is 4.39 Å². The van der Waals surface area contributed by atoms with Gasteiger partial charge in [-0.15, -0.1) is 0 Å². The van der Waals surface area contributed by atoms with Crippen LogP contribution < -0.4 is 5.32 Å². The van der Waals surface area contributed by atoms with E-state index in [-0.39, 0.29) is 11.9 Å². The van der Waals surface area contributed by atoms with Crippen LogP contribution in [0.25, 0.3) is 0 Å². The molecular formula is C11H13BrFNO. The summed E-state index contributed by atoms with van der Waals surface area (Å²) in [5, 5.41) is 3.41. The molecule has 1 unspecified atom stereocenters. The zero-order valence-corrected chi connectivity index (χ0v) is 10.1. The quantitative estimate of drug-likeness (QED) is 0.914. The number of ether oxygens (including phenoxy) is 1. The van der Waals surface area contributed by atoms with Crippen molar-refractivity contribution in [1.29, 1.82) is 0 Å². The molecule has 1 aliphatic heterocycles. The first-order valence-electron chi connectivity index (χ1n) is 4.95. The molecule has 1 fully saturated rings. The molecule has 82 valence electrons. The first-order valence-corrected chi connectivity index (χ1v) is 5.75. The molecule has 0 aromatic heterocycles. The summed E-state index contributed by atoms with van der Waals surface area (Å²) in [7, 11) is 0. The molecule has 0 radical (unpaired) electrons. The molecule has 2 rings (SSSR count). The van der Waals surface area contributed by atoms with Crippen LogP contribution in [-0.2, 0) is 4.74 Å². The van der Waals surface area contributed by atoms with Crippen molar-refractivity contribution in [3.05, 3.63) is 34.1 Å². The minimum atomic E-state index is -0.224. The van der Waals surface area contributed by atoms with Crippen molar-refractivity contribution in [3.8, 4) is 0 Å². The van der Waals surface area contributed by atoms with Gasteiger partial charge in [0.25, 0.3) is 0 Å². The maximum absolute atomic E-state index is 13.0. The third kappa shape index (κ3) is 2.56. The molecular weight excluding hydrogens is 261 g/mol. The van der Waals surface area contributed by atoms with E-state index in [1.807, 2.05) is 6.07 Å². The van der Waals surface area contributed by atoms with Crippen molar-refractivity contribution in [2.45, 2.75) is 19.0 Å². The van der Waals surface area contributed by atoms with Crippen LogP contribution in [0.3, 0.4) is 0 Å². The summed E-state index contributed by atoms with van der Waals surface area (Å²) in [6, 6.07) is 5.75. The lowest BCUT2D eigenvalue weighted by Crippen LogP contribution is -2.46. The van der Waals surface area contributed by atoms with Crippen LogP contribution >= 0.6 is 15.9 Å². The van der Waals surface area contributed by atoms with Gasteiger partial charge in [0.05, 0.1) is 23.7 Å². The van der Waals surface area contributed by atoms with Crippen molar-refractivity contribution in [2.75, 3.05) is 13.2 Å². The minimum absolute atomic E-state index is 0.218. The summed E-state index contributed by atoms with van der Waals surface area (Å²) < 4.78 is 18.6. The lowest BCUT2D eigenvalue weighted by molar-refractivity contribution is -0.00925. The second-order valence-corrected chi connectivity index (χ2v) is 4.65. The van der Waals surface area contributed by atoms with E-state index in [0.717, 1.165) is 18.8 Å². The van der Waals surface area contributed by atoms with E-state index in [4.69, 9.17) is 4.74 Å². The third-order valence-electron chi connectivity index (χ3n) is 2.57. The molecule has 15 heavy (non-hydrogen) atoms. The monoisotopic (exact) mass is 273 g/mol. The smallest absolute Gasteiger partial charge is 0.137 e. The van der Waals surface area contributed by atoms with Crippen LogP contribution in [-0.4, -0.2) is 19.3 Å². The third-order valence-corrected chi connectivity index (χ3v) is 3.18. The Morgan fingerprint density at radius 1 is 1.53 bits per heavy atom. The van der Waals surface area contributed by atoms with Gasteiger partial charge in [0.15, 0.2) is 0 Å². The van der Waals surface area contributed by atoms with E-state index >= 15 is 0 Å². The van der Waals surface area contributed by atoms with Gasteiger partial charge in [-0.25, -0.2) is 4.39 Å². The highest BCUT2D eigenvalue weighted by Gasteiger charge is 2.20. The van der Waals surface area contributed by atoms with E-state index < -0.39 is 0 Å². The SMILES string of the molecule is CC(NC1COC1)c1ccc(F)c(Br)c1. The van der Waals surface area contributed by atoms with Crippen LogP contribution in [0.2, 0.25) is 0 Å². The molecule has 0 aliphatic carbocycles. The summed E-state index contributed by atoms with van der Waals surface area (Å²) >= 11 is 3.18. The molecule has 1 aliphatic rings. The first kappa shape index (κ1) is 11.0. The Morgan fingerprint density at radius 3 is 2.80 bits per heavy atom. The average Bonchev–Trinajstić information content (AvgIpc) is 2.15. The van der Waals surface area contributed by atoms with Crippen LogP contribution in [0.15, 0.2) is 22.7 Å². The van der Waals surface area contributed by atoms with E-state index in [1.54, 1.807) is 6.07 Å². The Bertz CT molecular complexity index is 354. The van der Waals surface area contributed by atoms with Gasteiger partial charge in [-0.3, -0.25) is 0 Å². The van der Waals surface area contributed by atoms with Gasteiger partial charge in [0.1, 0.15) is 5.82 Å². The number of halogens is 2. The Morgan fingerprint density at radius 2 is 2.27 bits per heavy atom. The molecule has 0 amide bonds. The summed E-state index contributed by atoms with van der Waals surface area (Å²) in [4.78, 5) is 0. The molecule has 1 atom stereocenters. The summed E-state index contributed by atoms with van der Waals surface area (Å²) in [5.41, 5.74) is 1.08. The molecule has 0 bridgehead atoms. The summed E-state index contributed by atoms with van der Waals surface area (Å²) in [5.74, 6) is -0.224. The molecule has 1 heterocycles. The zero-order valence-electron chi connectivity index (χ0n) is 8.47. The van der Waals surface area contributed by atoms with Crippen LogP contribution in [0.5, 0.6) is 0 Å². The lowest BCUT2D eigenvalue weighted by Gasteiger charge is -2.30. The Balaban J connectivity index is 2.03. The molecule has 1 saturated heterocycles. The Labute approximate surface area is 96.9 Å². The van der Waals surface area contributed by atoms with Crippen LogP contribution in [0.4, 0.5) is 4.39 Å². The van der Waals surface area contributed by atoms with Gasteiger partial charge in [-0.05, 0) is 40.5 Å². The molecule has 1 aromatic carbocycles. The minimum Gasteiger partial charge on any atom is -0.378 e. The van der Waals surface area contributed by atoms with E-state index in [2.05, 4.69) is 28.2 Å². The van der Waals surface area contributed by atoms with Crippen molar-refractivity contribution >= 4 is 15.9 Å². The predicted molar refractivity (Wildman–Crippen MR) is 60.3 cm³/mol. The fourth-order valence-corrected chi connectivity index (χ4v) is 1.96. The molecule has 1 aromatic rings. The molecule has 1 N–H and O–H groups in total. The topological polar surface area (TPSA) is 21.3 Å². The van der Waals surface area contributed by atoms with Gasteiger partial charge in [-0.2, -0.15) is 0 Å². The maximum atomic E-state index is 13.0. The normalized spacial score (nSPS) is 18.6. The zero-order chi connectivity index (χ0) is 10.8. The number of nitrogens with one attached hydrogen (secondary N) is 1. The number of benzene rings is 1. The summed E-state index contributed by atoms with van der Waals surface area (Å²) in [6.07, 6.45) is 0. The fourth-order valence-electron chi connectivity index (χ4n) is 1.56. The van der Waals surface area contributed by atoms with Gasteiger partial charge < -0.3 is 10.1 Å². The van der Waals surface area contributed by atoms with Crippen LogP contribution in [0, 0.1) is 5.82 Å². The van der Waals surface area contributed by atoms with Gasteiger partial charge >= 0.3 is 0 Å². The number of rotatable bonds is 3. The second-order valence-electron chi connectivity index (χ2n) is 3.80. The average molecular weight is 274 g/mol. The number of hydrogen-bond donors (Lipinski definition) is 1. The standard InChI is InChI=1S/C11H13BrFNO/c1-7(14-9-5-15-6-9)8-2-3-11(13)10(12)4-8/h2-4,7,9,14H,5-6H2,1H3. The van der Waals surface area contributed by atoms with Gasteiger partial charge in [0.2, 0.25) is 0 Å². The molecule has 4 heteroatoms. The van der Waals surface area contributed by atoms with Crippen molar-refractivity contribution in [2.24, 2.45) is 0 Å². The molecule has 0 spiro atoms. The van der Waals surface area contributed by atoms with Crippen molar-refractivity contribution < 1.29 is 9.13 Å². The van der Waals surface area contributed by atoms with Crippen molar-refractivity contribution in [1.82, 2.24) is 5.32 Å².